The fourth-order valence-corrected chi connectivity index (χ4v) is 14.0. The number of carbonyl (C=O) groups excluding carboxylic acids is 5. The van der Waals surface area contributed by atoms with Gasteiger partial charge in [-0.3, -0.25) is 53.4 Å². The van der Waals surface area contributed by atoms with Crippen LogP contribution in [0.5, 0.6) is 5.75 Å². The number of nitrogens with zero attached hydrogens (tertiary/aromatic N) is 3. The Balaban J connectivity index is 1.70. The average Bonchev–Trinajstić information content (AvgIpc) is 3.79. The van der Waals surface area contributed by atoms with Crippen molar-refractivity contribution in [2.75, 3.05) is 38.2 Å². The Labute approximate surface area is 428 Å². The molecule has 3 unspecified atom stereocenters. The molecule has 0 saturated carbocycles. The molecule has 21 nitrogen and oxygen atoms in total. The molecule has 1 aliphatic heterocycles. The third kappa shape index (κ3) is 21.8. The summed E-state index contributed by atoms with van der Waals surface area (Å²) >= 11 is 1.09. The van der Waals surface area contributed by atoms with Gasteiger partial charge in [-0.15, -0.1) is 11.3 Å². The van der Waals surface area contributed by atoms with Crippen molar-refractivity contribution in [2.45, 2.75) is 135 Å². The van der Waals surface area contributed by atoms with Crippen LogP contribution in [0, 0.1) is 17.8 Å². The van der Waals surface area contributed by atoms with Gasteiger partial charge in [0.25, 0.3) is 5.91 Å². The number of phosphoric ester groups is 1. The molecular weight excluding hydrogens is 1020 g/mol. The van der Waals surface area contributed by atoms with E-state index >= 15 is 0 Å². The monoisotopic (exact) mass is 1090 g/mol. The van der Waals surface area contributed by atoms with Gasteiger partial charge in [-0.25, -0.2) is 15.4 Å². The normalized spacial score (nSPS) is 17.7. The summed E-state index contributed by atoms with van der Waals surface area (Å²) in [5, 5.41) is 17.6. The molecule has 0 radical (unpaired) electrons. The van der Waals surface area contributed by atoms with E-state index in [2.05, 4.69) is 32.0 Å². The molecule has 0 bridgehead atoms. The number of aliphatic carboxylic acids is 1. The Kier molecular flexibility index (Phi) is 25.5. The summed E-state index contributed by atoms with van der Waals surface area (Å²) in [6.07, 6.45) is 2.39. The third-order valence-corrected chi connectivity index (χ3v) is 18.5. The first-order valence-corrected chi connectivity index (χ1v) is 30.4. The van der Waals surface area contributed by atoms with Gasteiger partial charge in [-0.1, -0.05) is 81.7 Å². The number of carboxylic acid groups (broad SMARTS) is 1. The van der Waals surface area contributed by atoms with Crippen LogP contribution in [0.4, 0.5) is 0 Å². The van der Waals surface area contributed by atoms with Gasteiger partial charge in [0.2, 0.25) is 25.1 Å². The fourth-order valence-electron chi connectivity index (χ4n) is 8.03. The molecule has 400 valence electrons. The molecule has 2 heterocycles. The van der Waals surface area contributed by atoms with E-state index in [0.717, 1.165) is 37.1 Å². The van der Waals surface area contributed by atoms with Gasteiger partial charge in [0.1, 0.15) is 22.5 Å². The first kappa shape index (κ1) is 61.7. The lowest BCUT2D eigenvalue weighted by Crippen LogP contribution is -2.58. The van der Waals surface area contributed by atoms with E-state index in [4.69, 9.17) is 20.4 Å². The number of phosphoric acid groups is 1. The molecule has 8 atom stereocenters. The summed E-state index contributed by atoms with van der Waals surface area (Å²) in [7, 11) is -3.48. The van der Waals surface area contributed by atoms with Gasteiger partial charge in [0, 0.05) is 67.6 Å². The number of likely N-dealkylation sites (tertiary alicyclic amines) is 1. The SMILES string of the molecule is CC(=O)O[C@H](C[C@H](C(C)C)N(C)C(=O)[C@@H](NC(=O)[C@H]1CCCCN1CCC(C)SSCCP(=O)(O)CCC(=O)NN)C(C)C)c1nc(C(=O)N[C@@H](Cc2ccc(OP(=O)(O)O)cc2)CC(C)C(=O)O)cs1. The predicted molar refractivity (Wildman–Crippen MR) is 275 cm³/mol. The van der Waals surface area contributed by atoms with Gasteiger partial charge in [-0.05, 0) is 74.7 Å². The zero-order valence-corrected chi connectivity index (χ0v) is 45.9. The van der Waals surface area contributed by atoms with Crippen LogP contribution >= 0.6 is 48.1 Å². The van der Waals surface area contributed by atoms with Crippen LogP contribution in [0.15, 0.2) is 29.6 Å². The summed E-state index contributed by atoms with van der Waals surface area (Å²) in [6, 6.07) is 3.26. The fraction of sp³-hybridized carbons (Fsp3) is 0.667. The lowest BCUT2D eigenvalue weighted by atomic mass is 9.94. The molecule has 4 amide bonds. The number of hydrogen-bond acceptors (Lipinski definition) is 16. The maximum absolute atomic E-state index is 14.5. The Morgan fingerprint density at radius 1 is 0.972 bits per heavy atom. The summed E-state index contributed by atoms with van der Waals surface area (Å²) in [5.74, 6) is 0.822. The molecule has 1 fully saturated rings. The minimum absolute atomic E-state index is 0.00309. The van der Waals surface area contributed by atoms with E-state index in [0.29, 0.717) is 29.3 Å². The van der Waals surface area contributed by atoms with Crippen molar-refractivity contribution in [3.8, 4) is 5.75 Å². The van der Waals surface area contributed by atoms with Gasteiger partial charge >= 0.3 is 19.8 Å². The molecule has 1 saturated heterocycles. The molecular formula is C45H73N7O14P2S3. The number of likely N-dealkylation sites (N-methyl/N-ethyl adjacent to an activating group) is 1. The number of aromatic nitrogens is 1. The Bertz CT molecular complexity index is 2180. The van der Waals surface area contributed by atoms with Crippen LogP contribution in [-0.2, 0) is 44.3 Å². The number of hydrogen-bond donors (Lipinski definition) is 8. The van der Waals surface area contributed by atoms with Crippen LogP contribution in [0.1, 0.15) is 121 Å². The van der Waals surface area contributed by atoms with Gasteiger partial charge in [-0.2, -0.15) is 0 Å². The molecule has 1 aromatic heterocycles. The first-order chi connectivity index (χ1) is 33.2. The summed E-state index contributed by atoms with van der Waals surface area (Å²) < 4.78 is 34.1. The second kappa shape index (κ2) is 29.4. The van der Waals surface area contributed by atoms with Gasteiger partial charge in [0.15, 0.2) is 6.10 Å². The molecule has 3 rings (SSSR count). The minimum atomic E-state index is -4.79. The van der Waals surface area contributed by atoms with Crippen LogP contribution in [0.25, 0.3) is 0 Å². The van der Waals surface area contributed by atoms with Crippen LogP contribution in [-0.4, -0.2) is 138 Å². The van der Waals surface area contributed by atoms with E-state index in [-0.39, 0.29) is 78.4 Å². The minimum Gasteiger partial charge on any atom is -0.481 e. The third-order valence-electron chi connectivity index (χ3n) is 12.0. The number of carboxylic acids is 1. The number of esters is 1. The topological polar surface area (TPSA) is 317 Å². The standard InChI is InChI=1S/C45H73N7O14P2S3/c1-27(2)37(25-38(65-31(7)53)43-48-35(26-69-43)41(55)47-33(23-29(5)45(58)59)24-32-12-14-34(15-13-32)66-68(62,63)64)51(8)44(57)40(28(3)4)49-42(56)36-11-9-10-18-52(36)19-16-30(6)71-70-22-21-67(60,61)20-17-39(54)50-46/h12-15,26-30,33,36-38,40H,9-11,16-25,46H2,1-8H3,(H,47,55)(H,49,56)(H,50,54)(H,58,59)(H,60,61)(H2,62,63,64)/t29?,30?,33-,36-,37-,38-,40+/m1/s1. The van der Waals surface area contributed by atoms with Crippen LogP contribution in [0.2, 0.25) is 0 Å². The zero-order valence-electron chi connectivity index (χ0n) is 41.7. The molecule has 9 N–H and O–H groups in total. The number of nitrogens with one attached hydrogen (secondary N) is 3. The second-order valence-corrected chi connectivity index (χ2v) is 26.2. The molecule has 0 aliphatic carbocycles. The second-order valence-electron chi connectivity index (χ2n) is 18.6. The van der Waals surface area contributed by atoms with Crippen molar-refractivity contribution < 1.29 is 66.9 Å². The lowest BCUT2D eigenvalue weighted by molar-refractivity contribution is -0.149. The lowest BCUT2D eigenvalue weighted by Gasteiger charge is -2.38. The number of nitrogens with two attached hydrogens (primary N) is 1. The van der Waals surface area contributed by atoms with E-state index < -0.39 is 75.1 Å². The molecule has 1 aliphatic rings. The molecule has 0 spiro atoms. The Hall–Kier alpha value is -3.57. The maximum atomic E-state index is 14.5. The molecule has 1 aromatic carbocycles. The van der Waals surface area contributed by atoms with Crippen LogP contribution < -0.4 is 26.4 Å². The number of thiazole rings is 1. The molecule has 2 aromatic rings. The van der Waals surface area contributed by atoms with E-state index in [1.54, 1.807) is 34.9 Å². The van der Waals surface area contributed by atoms with Crippen molar-refractivity contribution in [3.63, 3.8) is 0 Å². The van der Waals surface area contributed by atoms with Gasteiger partial charge in [0.05, 0.1) is 12.0 Å². The molecule has 71 heavy (non-hydrogen) atoms. The largest absolute Gasteiger partial charge is 0.524 e. The number of carbonyl (C=O) groups is 6. The van der Waals surface area contributed by atoms with E-state index in [1.807, 2.05) is 33.1 Å². The van der Waals surface area contributed by atoms with Crippen molar-refractivity contribution in [1.29, 1.82) is 0 Å². The van der Waals surface area contributed by atoms with E-state index in [1.165, 1.54) is 42.2 Å². The Morgan fingerprint density at radius 3 is 2.24 bits per heavy atom. The highest BCUT2D eigenvalue weighted by Crippen LogP contribution is 2.43. The Morgan fingerprint density at radius 2 is 1.65 bits per heavy atom. The molecule has 26 heteroatoms. The summed E-state index contributed by atoms with van der Waals surface area (Å²) in [6.45, 7) is 13.8. The van der Waals surface area contributed by atoms with Gasteiger partial charge < -0.3 is 34.8 Å². The number of amides is 4. The summed E-state index contributed by atoms with van der Waals surface area (Å²) in [5.41, 5.74) is 2.59. The van der Waals surface area contributed by atoms with Crippen molar-refractivity contribution in [2.24, 2.45) is 23.6 Å². The predicted octanol–water partition coefficient (Wildman–Crippen LogP) is 5.35. The number of piperidine rings is 1. The van der Waals surface area contributed by atoms with Crippen LogP contribution in [0.3, 0.4) is 0 Å². The number of benzene rings is 1. The van der Waals surface area contributed by atoms with Crippen molar-refractivity contribution in [1.82, 2.24) is 30.8 Å². The zero-order chi connectivity index (χ0) is 53.2. The smallest absolute Gasteiger partial charge is 0.481 e. The van der Waals surface area contributed by atoms with Crippen molar-refractivity contribution >= 4 is 83.7 Å². The van der Waals surface area contributed by atoms with E-state index in [9.17, 15) is 47.9 Å². The number of hydrazine groups is 1. The maximum Gasteiger partial charge on any atom is 0.524 e. The first-order valence-electron chi connectivity index (χ1n) is 23.6. The number of rotatable bonds is 30. The van der Waals surface area contributed by atoms with Crippen molar-refractivity contribution in [3.05, 3.63) is 45.9 Å². The average molecular weight is 1090 g/mol. The highest BCUT2D eigenvalue weighted by molar-refractivity contribution is 8.77. The highest BCUT2D eigenvalue weighted by Gasteiger charge is 2.38. The summed E-state index contributed by atoms with van der Waals surface area (Å²) in [4.78, 5) is 115. The number of ether oxygens (including phenoxy) is 1. The highest BCUT2D eigenvalue weighted by atomic mass is 33.1. The quantitative estimate of drug-likeness (QED) is 0.00930.